The lowest BCUT2D eigenvalue weighted by molar-refractivity contribution is -0.160. The van der Waals surface area contributed by atoms with Gasteiger partial charge in [-0.3, -0.25) is 14.4 Å². The second-order valence-electron chi connectivity index (χ2n) is 6.64. The summed E-state index contributed by atoms with van der Waals surface area (Å²) in [7, 11) is 0. The molecule has 0 atom stereocenters. The fourth-order valence-corrected chi connectivity index (χ4v) is 3.84. The molecule has 2 fully saturated rings. The Morgan fingerprint density at radius 3 is 2.22 bits per heavy atom. The van der Waals surface area contributed by atoms with Crippen molar-refractivity contribution in [3.05, 3.63) is 24.0 Å². The van der Waals surface area contributed by atoms with E-state index >= 15 is 0 Å². The van der Waals surface area contributed by atoms with Crippen molar-refractivity contribution in [3.8, 4) is 0 Å². The Morgan fingerprint density at radius 2 is 1.70 bits per heavy atom. The van der Waals surface area contributed by atoms with Crippen LogP contribution in [0.2, 0.25) is 0 Å². The van der Waals surface area contributed by atoms with Gasteiger partial charge in [0.05, 0.1) is 0 Å². The van der Waals surface area contributed by atoms with Crippen LogP contribution < -0.4 is 0 Å². The molecule has 1 heterocycles. The minimum absolute atomic E-state index is 0.407. The van der Waals surface area contributed by atoms with Crippen molar-refractivity contribution in [2.75, 3.05) is 0 Å². The highest BCUT2D eigenvalue weighted by molar-refractivity contribution is 6.16. The maximum atomic E-state index is 13.0. The molecule has 0 saturated heterocycles. The molecular formula is C17H21NO5. The molecule has 6 heteroatoms. The summed E-state index contributed by atoms with van der Waals surface area (Å²) in [6.07, 6.45) is 7.57. The molecule has 124 valence electrons. The minimum atomic E-state index is -2.00. The molecule has 0 spiro atoms. The molecule has 0 bridgehead atoms. The van der Waals surface area contributed by atoms with Gasteiger partial charge in [-0.05, 0) is 43.7 Å². The fourth-order valence-electron chi connectivity index (χ4n) is 3.84. The molecule has 2 aliphatic rings. The summed E-state index contributed by atoms with van der Waals surface area (Å²) in [5, 5.41) is 18.5. The Hall–Kier alpha value is -2.11. The van der Waals surface area contributed by atoms with Gasteiger partial charge < -0.3 is 14.8 Å². The van der Waals surface area contributed by atoms with Gasteiger partial charge in [-0.2, -0.15) is 0 Å². The highest BCUT2D eigenvalue weighted by Gasteiger charge is 2.50. The molecule has 0 aromatic carbocycles. The van der Waals surface area contributed by atoms with E-state index in [0.29, 0.717) is 18.8 Å². The van der Waals surface area contributed by atoms with Crippen molar-refractivity contribution in [2.45, 2.75) is 56.4 Å². The molecule has 23 heavy (non-hydrogen) atoms. The molecule has 0 unspecified atom stereocenters. The predicted molar refractivity (Wildman–Crippen MR) is 81.2 cm³/mol. The number of carboxylic acid groups (broad SMARTS) is 2. The normalized spacial score (nSPS) is 20.4. The number of Topliss-reactive ketones (excluding diaryl/α,β-unsaturated/α-hetero) is 1. The number of ketones is 1. The molecule has 6 nitrogen and oxygen atoms in total. The van der Waals surface area contributed by atoms with E-state index in [0.717, 1.165) is 37.8 Å². The average Bonchev–Trinajstić information content (AvgIpc) is 3.24. The summed E-state index contributed by atoms with van der Waals surface area (Å²) in [6.45, 7) is 0. The minimum Gasteiger partial charge on any atom is -0.480 e. The van der Waals surface area contributed by atoms with Gasteiger partial charge in [0.15, 0.2) is 5.78 Å². The zero-order valence-corrected chi connectivity index (χ0v) is 12.9. The first-order chi connectivity index (χ1) is 11.0. The second kappa shape index (κ2) is 5.83. The van der Waals surface area contributed by atoms with Crippen molar-refractivity contribution in [1.29, 1.82) is 0 Å². The number of rotatable bonds is 6. The number of aromatic nitrogens is 1. The first kappa shape index (κ1) is 15.8. The first-order valence-corrected chi connectivity index (χ1v) is 8.15. The molecule has 0 aliphatic heterocycles. The molecule has 0 amide bonds. The third-order valence-electron chi connectivity index (χ3n) is 5.13. The largest absolute Gasteiger partial charge is 0.480 e. The van der Waals surface area contributed by atoms with Crippen LogP contribution in [0.15, 0.2) is 18.3 Å². The summed E-state index contributed by atoms with van der Waals surface area (Å²) >= 11 is 0. The maximum absolute atomic E-state index is 13.0. The smallest absolute Gasteiger partial charge is 0.325 e. The van der Waals surface area contributed by atoms with Gasteiger partial charge in [0.25, 0.3) is 0 Å². The van der Waals surface area contributed by atoms with E-state index in [4.69, 9.17) is 0 Å². The number of aliphatic carboxylic acids is 2. The molecule has 2 N–H and O–H groups in total. The summed E-state index contributed by atoms with van der Waals surface area (Å²) in [4.78, 5) is 35.7. The Labute approximate surface area is 134 Å². The van der Waals surface area contributed by atoms with Crippen molar-refractivity contribution in [1.82, 2.24) is 4.57 Å². The van der Waals surface area contributed by atoms with E-state index < -0.39 is 29.2 Å². The quantitative estimate of drug-likeness (QED) is 0.785. The lowest BCUT2D eigenvalue weighted by atomic mass is 9.74. The number of carbonyl (C=O) groups excluding carboxylic acids is 1. The second-order valence-corrected chi connectivity index (χ2v) is 6.64. The highest BCUT2D eigenvalue weighted by atomic mass is 16.4. The van der Waals surface area contributed by atoms with Crippen LogP contribution >= 0.6 is 0 Å². The van der Waals surface area contributed by atoms with E-state index in [9.17, 15) is 24.6 Å². The first-order valence-electron chi connectivity index (χ1n) is 8.15. The number of carboxylic acids is 2. The van der Waals surface area contributed by atoms with E-state index in [1.807, 2.05) is 22.9 Å². The lowest BCUT2D eigenvalue weighted by Crippen LogP contribution is -2.50. The predicted octanol–water partition coefficient (Wildman–Crippen LogP) is 2.38. The number of hydrogen-bond acceptors (Lipinski definition) is 3. The van der Waals surface area contributed by atoms with Crippen molar-refractivity contribution < 1.29 is 24.6 Å². The van der Waals surface area contributed by atoms with Gasteiger partial charge in [0.1, 0.15) is 5.54 Å². The number of nitrogens with zero attached hydrogens (tertiary/aromatic N) is 1. The highest BCUT2D eigenvalue weighted by Crippen LogP contribution is 2.45. The van der Waals surface area contributed by atoms with Crippen LogP contribution in [0.4, 0.5) is 0 Å². The third kappa shape index (κ3) is 2.66. The van der Waals surface area contributed by atoms with Gasteiger partial charge in [0.2, 0.25) is 5.92 Å². The van der Waals surface area contributed by atoms with E-state index in [-0.39, 0.29) is 0 Å². The van der Waals surface area contributed by atoms with Gasteiger partial charge in [-0.1, -0.05) is 19.3 Å². The summed E-state index contributed by atoms with van der Waals surface area (Å²) in [6, 6.07) is 3.84. The molecule has 2 saturated carbocycles. The molecule has 1 aromatic heterocycles. The Kier molecular flexibility index (Phi) is 4.00. The number of carbonyl (C=O) groups is 3. The van der Waals surface area contributed by atoms with Crippen LogP contribution in [0, 0.1) is 5.92 Å². The van der Waals surface area contributed by atoms with Crippen LogP contribution in [0.1, 0.15) is 56.6 Å². The Balaban J connectivity index is 2.06. The zero-order valence-electron chi connectivity index (χ0n) is 12.9. The van der Waals surface area contributed by atoms with Gasteiger partial charge in [-0.25, -0.2) is 0 Å². The summed E-state index contributed by atoms with van der Waals surface area (Å²) in [5.74, 6) is -5.43. The summed E-state index contributed by atoms with van der Waals surface area (Å²) < 4.78 is 1.89. The topological polar surface area (TPSA) is 96.6 Å². The monoisotopic (exact) mass is 319 g/mol. The van der Waals surface area contributed by atoms with E-state index in [1.54, 1.807) is 0 Å². The van der Waals surface area contributed by atoms with Crippen LogP contribution in [-0.2, 0) is 19.9 Å². The number of hydrogen-bond donors (Lipinski definition) is 2. The van der Waals surface area contributed by atoms with E-state index in [1.165, 1.54) is 0 Å². The van der Waals surface area contributed by atoms with Crippen molar-refractivity contribution in [3.63, 3.8) is 0 Å². The van der Waals surface area contributed by atoms with Crippen molar-refractivity contribution in [2.24, 2.45) is 5.92 Å². The standard InChI is InChI=1S/C17H21NO5/c19-14(13(15(20)21)16(22)23)17(8-2-1-3-9-17)18-10-4-5-12(18)11-6-7-11/h4-5,10-11,13H,1-3,6-9H2,(H,20,21)(H,22,23). The SMILES string of the molecule is O=C(O)C(C(=O)O)C(=O)C1(n2cccc2C2CC2)CCCCC1. The van der Waals surface area contributed by atoms with Crippen LogP contribution in [-0.4, -0.2) is 32.5 Å². The van der Waals surface area contributed by atoms with Crippen LogP contribution in [0.25, 0.3) is 0 Å². The maximum Gasteiger partial charge on any atom is 0.325 e. The third-order valence-corrected chi connectivity index (χ3v) is 5.13. The fraction of sp³-hybridized carbons (Fsp3) is 0.588. The lowest BCUT2D eigenvalue weighted by Gasteiger charge is -2.39. The zero-order chi connectivity index (χ0) is 16.6. The van der Waals surface area contributed by atoms with Gasteiger partial charge in [0, 0.05) is 11.9 Å². The summed E-state index contributed by atoms with van der Waals surface area (Å²) in [5.41, 5.74) is 0.0102. The molecule has 2 aliphatic carbocycles. The Bertz CT molecular complexity index is 623. The van der Waals surface area contributed by atoms with Crippen molar-refractivity contribution >= 4 is 17.7 Å². The molecular weight excluding hydrogens is 298 g/mol. The van der Waals surface area contributed by atoms with E-state index in [2.05, 4.69) is 0 Å². The molecule has 3 rings (SSSR count). The van der Waals surface area contributed by atoms with Crippen LogP contribution in [0.3, 0.4) is 0 Å². The molecule has 1 aromatic rings. The molecule has 0 radical (unpaired) electrons. The van der Waals surface area contributed by atoms with Crippen LogP contribution in [0.5, 0.6) is 0 Å². The Morgan fingerprint density at radius 1 is 1.09 bits per heavy atom. The van der Waals surface area contributed by atoms with Gasteiger partial charge in [-0.15, -0.1) is 0 Å². The van der Waals surface area contributed by atoms with Gasteiger partial charge >= 0.3 is 11.9 Å². The average molecular weight is 319 g/mol.